The molecule has 0 aromatic heterocycles. The molecule has 0 bridgehead atoms. The SMILES string of the molecule is Cc1ccccc1OCCNC(=O)CN1c2ccc(Br)cc2-c2ccccc2S1(=O)=O. The second-order valence-corrected chi connectivity index (χ2v) is 9.88. The van der Waals surface area contributed by atoms with Crippen LogP contribution in [0.3, 0.4) is 0 Å². The number of nitrogens with one attached hydrogen (secondary N) is 1. The molecule has 0 spiro atoms. The summed E-state index contributed by atoms with van der Waals surface area (Å²) >= 11 is 3.45. The molecule has 3 aromatic rings. The van der Waals surface area contributed by atoms with Crippen LogP contribution in [0.5, 0.6) is 5.75 Å². The number of fused-ring (bicyclic) bond motifs is 3. The zero-order chi connectivity index (χ0) is 22.0. The van der Waals surface area contributed by atoms with E-state index in [2.05, 4.69) is 21.2 Å². The number of rotatable bonds is 6. The summed E-state index contributed by atoms with van der Waals surface area (Å²) in [5, 5.41) is 2.74. The van der Waals surface area contributed by atoms with Gasteiger partial charge in [0.15, 0.2) is 0 Å². The number of benzene rings is 3. The Morgan fingerprint density at radius 3 is 2.58 bits per heavy atom. The molecule has 8 heteroatoms. The van der Waals surface area contributed by atoms with Gasteiger partial charge in [0.2, 0.25) is 5.91 Å². The van der Waals surface area contributed by atoms with Crippen LogP contribution in [-0.4, -0.2) is 34.0 Å². The number of carbonyl (C=O) groups is 1. The third kappa shape index (κ3) is 4.31. The van der Waals surface area contributed by atoms with Gasteiger partial charge in [-0.1, -0.05) is 52.3 Å². The molecular weight excluding hydrogens is 480 g/mol. The van der Waals surface area contributed by atoms with Crippen molar-refractivity contribution < 1.29 is 17.9 Å². The topological polar surface area (TPSA) is 75.7 Å². The van der Waals surface area contributed by atoms with Gasteiger partial charge in [0.25, 0.3) is 10.0 Å². The van der Waals surface area contributed by atoms with E-state index in [4.69, 9.17) is 4.74 Å². The van der Waals surface area contributed by atoms with Crippen LogP contribution in [0.15, 0.2) is 76.1 Å². The fourth-order valence-electron chi connectivity index (χ4n) is 3.53. The van der Waals surface area contributed by atoms with E-state index < -0.39 is 15.9 Å². The average molecular weight is 501 g/mol. The highest BCUT2D eigenvalue weighted by molar-refractivity contribution is 9.10. The Hall–Kier alpha value is -2.84. The molecule has 4 rings (SSSR count). The normalized spacial score (nSPS) is 13.8. The molecule has 1 amide bonds. The molecule has 160 valence electrons. The summed E-state index contributed by atoms with van der Waals surface area (Å²) < 4.78 is 34.2. The highest BCUT2D eigenvalue weighted by Crippen LogP contribution is 2.43. The van der Waals surface area contributed by atoms with Crippen LogP contribution in [0.4, 0.5) is 5.69 Å². The van der Waals surface area contributed by atoms with Crippen LogP contribution in [0, 0.1) is 6.92 Å². The van der Waals surface area contributed by atoms with E-state index in [1.807, 2.05) is 37.3 Å². The van der Waals surface area contributed by atoms with Gasteiger partial charge in [-0.15, -0.1) is 0 Å². The minimum absolute atomic E-state index is 0.191. The van der Waals surface area contributed by atoms with Gasteiger partial charge < -0.3 is 10.1 Å². The van der Waals surface area contributed by atoms with Gasteiger partial charge in [-0.3, -0.25) is 9.10 Å². The summed E-state index contributed by atoms with van der Waals surface area (Å²) in [6.07, 6.45) is 0. The number of hydrogen-bond acceptors (Lipinski definition) is 4. The first kappa shape index (κ1) is 21.4. The molecule has 0 unspecified atom stereocenters. The molecule has 6 nitrogen and oxygen atoms in total. The number of halogens is 1. The van der Waals surface area contributed by atoms with Crippen LogP contribution in [0.25, 0.3) is 11.1 Å². The predicted octanol–water partition coefficient (Wildman–Crippen LogP) is 4.13. The highest BCUT2D eigenvalue weighted by atomic mass is 79.9. The Kier molecular flexibility index (Phi) is 6.02. The van der Waals surface area contributed by atoms with Gasteiger partial charge in [-0.2, -0.15) is 0 Å². The Morgan fingerprint density at radius 1 is 1.03 bits per heavy atom. The lowest BCUT2D eigenvalue weighted by molar-refractivity contribution is -0.119. The van der Waals surface area contributed by atoms with Crippen molar-refractivity contribution in [2.45, 2.75) is 11.8 Å². The smallest absolute Gasteiger partial charge is 0.265 e. The number of amides is 1. The van der Waals surface area contributed by atoms with Crippen LogP contribution >= 0.6 is 15.9 Å². The lowest BCUT2D eigenvalue weighted by atomic mass is 10.0. The molecular formula is C23H21BrN2O4S. The Balaban J connectivity index is 1.49. The van der Waals surface area contributed by atoms with E-state index in [-0.39, 0.29) is 24.6 Å². The number of hydrogen-bond donors (Lipinski definition) is 1. The van der Waals surface area contributed by atoms with Crippen molar-refractivity contribution >= 4 is 37.5 Å². The number of aryl methyl sites for hydroxylation is 1. The summed E-state index contributed by atoms with van der Waals surface area (Å²) in [6.45, 7) is 2.19. The zero-order valence-corrected chi connectivity index (χ0v) is 19.2. The van der Waals surface area contributed by atoms with Crippen molar-refractivity contribution in [1.82, 2.24) is 5.32 Å². The maximum Gasteiger partial charge on any atom is 0.265 e. The van der Waals surface area contributed by atoms with E-state index in [0.717, 1.165) is 25.7 Å². The molecule has 1 aliphatic rings. The molecule has 1 heterocycles. The predicted molar refractivity (Wildman–Crippen MR) is 124 cm³/mol. The van der Waals surface area contributed by atoms with Crippen molar-refractivity contribution in [3.63, 3.8) is 0 Å². The van der Waals surface area contributed by atoms with Gasteiger partial charge in [-0.05, 0) is 42.8 Å². The van der Waals surface area contributed by atoms with Crippen LogP contribution in [0.2, 0.25) is 0 Å². The fraction of sp³-hybridized carbons (Fsp3) is 0.174. The quantitative estimate of drug-likeness (QED) is 0.516. The summed E-state index contributed by atoms with van der Waals surface area (Å²) in [4.78, 5) is 12.8. The third-order valence-corrected chi connectivity index (χ3v) is 7.35. The van der Waals surface area contributed by atoms with Gasteiger partial charge in [0, 0.05) is 15.6 Å². The van der Waals surface area contributed by atoms with Crippen molar-refractivity contribution in [3.8, 4) is 16.9 Å². The number of sulfonamides is 1. The highest BCUT2D eigenvalue weighted by Gasteiger charge is 2.35. The van der Waals surface area contributed by atoms with E-state index in [0.29, 0.717) is 11.3 Å². The van der Waals surface area contributed by atoms with Crippen LogP contribution in [-0.2, 0) is 14.8 Å². The number of ether oxygens (including phenoxy) is 1. The molecule has 0 radical (unpaired) electrons. The first-order valence-corrected chi connectivity index (χ1v) is 12.0. The fourth-order valence-corrected chi connectivity index (χ4v) is 5.54. The maximum atomic E-state index is 13.2. The van der Waals surface area contributed by atoms with E-state index in [1.165, 1.54) is 0 Å². The van der Waals surface area contributed by atoms with Gasteiger partial charge in [0.05, 0.1) is 17.1 Å². The zero-order valence-electron chi connectivity index (χ0n) is 16.8. The minimum atomic E-state index is -3.86. The molecule has 31 heavy (non-hydrogen) atoms. The Morgan fingerprint density at radius 2 is 1.77 bits per heavy atom. The molecule has 0 saturated heterocycles. The largest absolute Gasteiger partial charge is 0.491 e. The van der Waals surface area contributed by atoms with Crippen LogP contribution in [0.1, 0.15) is 5.56 Å². The Labute approximate surface area is 190 Å². The minimum Gasteiger partial charge on any atom is -0.491 e. The van der Waals surface area contributed by atoms with Crippen LogP contribution < -0.4 is 14.4 Å². The molecule has 0 fully saturated rings. The van der Waals surface area contributed by atoms with E-state index in [1.54, 1.807) is 36.4 Å². The van der Waals surface area contributed by atoms with Crippen molar-refractivity contribution in [2.24, 2.45) is 0 Å². The first-order chi connectivity index (χ1) is 14.9. The standard InChI is InChI=1S/C23H21BrN2O4S/c1-16-6-2-4-8-21(16)30-13-12-25-23(27)15-26-20-11-10-17(24)14-19(20)18-7-3-5-9-22(18)31(26,28)29/h2-11,14H,12-13,15H2,1H3,(H,25,27). The van der Waals surface area contributed by atoms with Crippen molar-refractivity contribution in [2.75, 3.05) is 24.0 Å². The van der Waals surface area contributed by atoms with Crippen molar-refractivity contribution in [1.29, 1.82) is 0 Å². The molecule has 1 aliphatic heterocycles. The average Bonchev–Trinajstić information content (AvgIpc) is 2.75. The number of anilines is 1. The molecule has 0 atom stereocenters. The number of nitrogens with zero attached hydrogens (tertiary/aromatic N) is 1. The van der Waals surface area contributed by atoms with Gasteiger partial charge in [0.1, 0.15) is 18.9 Å². The Bertz CT molecular complexity index is 1240. The maximum absolute atomic E-state index is 13.2. The second kappa shape index (κ2) is 8.72. The first-order valence-electron chi connectivity index (χ1n) is 9.75. The molecule has 1 N–H and O–H groups in total. The molecule has 3 aromatic carbocycles. The third-order valence-electron chi connectivity index (χ3n) is 5.04. The molecule has 0 aliphatic carbocycles. The molecule has 0 saturated carbocycles. The monoisotopic (exact) mass is 500 g/mol. The summed E-state index contributed by atoms with van der Waals surface area (Å²) in [5.41, 5.74) is 2.88. The van der Waals surface area contributed by atoms with E-state index in [9.17, 15) is 13.2 Å². The van der Waals surface area contributed by atoms with E-state index >= 15 is 0 Å². The number of para-hydroxylation sites is 1. The second-order valence-electron chi connectivity index (χ2n) is 7.13. The van der Waals surface area contributed by atoms with Gasteiger partial charge >= 0.3 is 0 Å². The lowest BCUT2D eigenvalue weighted by Crippen LogP contribution is -2.43. The summed E-state index contributed by atoms with van der Waals surface area (Å²) in [5.74, 6) is 0.358. The van der Waals surface area contributed by atoms with Crippen molar-refractivity contribution in [3.05, 3.63) is 76.8 Å². The van der Waals surface area contributed by atoms with Gasteiger partial charge in [-0.25, -0.2) is 8.42 Å². The summed E-state index contributed by atoms with van der Waals surface area (Å²) in [7, 11) is -3.86. The summed E-state index contributed by atoms with van der Waals surface area (Å²) in [6, 6.07) is 19.8. The lowest BCUT2D eigenvalue weighted by Gasteiger charge is -2.31. The number of carbonyl (C=O) groups excluding carboxylic acids is 1.